The molecule has 0 N–H and O–H groups in total. The van der Waals surface area contributed by atoms with Gasteiger partial charge in [-0.25, -0.2) is 0 Å². The molecule has 5 heteroatoms. The normalized spacial score (nSPS) is 10.4. The average Bonchev–Trinajstić information content (AvgIpc) is 2.65. The van der Waals surface area contributed by atoms with Gasteiger partial charge in [-0.1, -0.05) is 30.3 Å². The van der Waals surface area contributed by atoms with Crippen molar-refractivity contribution in [3.8, 4) is 5.75 Å². The SMILES string of the molecule is Cc1c(OCc2ccccc2)c(=O)ccn1CC(=O)c1cccnc1. The van der Waals surface area contributed by atoms with Gasteiger partial charge in [0.25, 0.3) is 0 Å². The van der Waals surface area contributed by atoms with E-state index in [-0.39, 0.29) is 23.5 Å². The minimum Gasteiger partial charge on any atom is -0.483 e. The molecular formula is C20H18N2O3. The fraction of sp³-hybridized carbons (Fsp3) is 0.150. The second kappa shape index (κ2) is 7.57. The van der Waals surface area contributed by atoms with Gasteiger partial charge in [0.1, 0.15) is 6.61 Å². The Morgan fingerprint density at radius 2 is 1.92 bits per heavy atom. The zero-order chi connectivity index (χ0) is 17.6. The quantitative estimate of drug-likeness (QED) is 0.650. The first-order chi connectivity index (χ1) is 12.1. The number of ether oxygens (including phenoxy) is 1. The average molecular weight is 334 g/mol. The van der Waals surface area contributed by atoms with E-state index in [2.05, 4.69) is 4.98 Å². The molecular weight excluding hydrogens is 316 g/mol. The Kier molecular flexibility index (Phi) is 5.04. The lowest BCUT2D eigenvalue weighted by Gasteiger charge is -2.14. The number of pyridine rings is 2. The third-order valence-corrected chi connectivity index (χ3v) is 3.91. The highest BCUT2D eigenvalue weighted by molar-refractivity contribution is 5.95. The van der Waals surface area contributed by atoms with E-state index in [1.807, 2.05) is 30.3 Å². The largest absolute Gasteiger partial charge is 0.483 e. The number of ketones is 1. The van der Waals surface area contributed by atoms with Gasteiger partial charge in [0.05, 0.1) is 12.2 Å². The third-order valence-electron chi connectivity index (χ3n) is 3.91. The highest BCUT2D eigenvalue weighted by atomic mass is 16.5. The first-order valence-corrected chi connectivity index (χ1v) is 7.95. The van der Waals surface area contributed by atoms with Crippen LogP contribution in [-0.4, -0.2) is 15.3 Å². The zero-order valence-electron chi connectivity index (χ0n) is 13.9. The van der Waals surface area contributed by atoms with Crippen LogP contribution < -0.4 is 10.2 Å². The molecule has 3 aromatic rings. The molecule has 0 aliphatic rings. The Hall–Kier alpha value is -3.21. The van der Waals surface area contributed by atoms with Crippen LogP contribution in [0, 0.1) is 6.92 Å². The van der Waals surface area contributed by atoms with Crippen LogP contribution in [0.25, 0.3) is 0 Å². The summed E-state index contributed by atoms with van der Waals surface area (Å²) in [4.78, 5) is 28.5. The number of rotatable bonds is 6. The van der Waals surface area contributed by atoms with Crippen molar-refractivity contribution >= 4 is 5.78 Å². The maximum Gasteiger partial charge on any atom is 0.223 e. The van der Waals surface area contributed by atoms with E-state index >= 15 is 0 Å². The smallest absolute Gasteiger partial charge is 0.223 e. The number of aromatic nitrogens is 2. The number of benzene rings is 1. The van der Waals surface area contributed by atoms with Gasteiger partial charge in [-0.05, 0) is 24.6 Å². The number of hydrogen-bond donors (Lipinski definition) is 0. The Balaban J connectivity index is 1.80. The van der Waals surface area contributed by atoms with Crippen molar-refractivity contribution in [3.63, 3.8) is 0 Å². The molecule has 2 aromatic heterocycles. The highest BCUT2D eigenvalue weighted by Gasteiger charge is 2.12. The zero-order valence-corrected chi connectivity index (χ0v) is 13.9. The molecule has 0 spiro atoms. The minimum absolute atomic E-state index is 0.0751. The van der Waals surface area contributed by atoms with Crippen LogP contribution in [0.15, 0.2) is 71.9 Å². The summed E-state index contributed by atoms with van der Waals surface area (Å²) in [6, 6.07) is 14.5. The molecule has 0 radical (unpaired) electrons. The number of carbonyl (C=O) groups excluding carboxylic acids is 1. The lowest BCUT2D eigenvalue weighted by molar-refractivity contribution is 0.0970. The first kappa shape index (κ1) is 16.6. The van der Waals surface area contributed by atoms with E-state index in [1.54, 1.807) is 36.0 Å². The highest BCUT2D eigenvalue weighted by Crippen LogP contribution is 2.15. The van der Waals surface area contributed by atoms with E-state index < -0.39 is 0 Å². The van der Waals surface area contributed by atoms with Gasteiger partial charge < -0.3 is 9.30 Å². The van der Waals surface area contributed by atoms with Crippen LogP contribution >= 0.6 is 0 Å². The molecule has 0 unspecified atom stereocenters. The molecule has 0 atom stereocenters. The Labute approximate surface area is 145 Å². The summed E-state index contributed by atoms with van der Waals surface area (Å²) in [6.07, 6.45) is 4.77. The van der Waals surface area contributed by atoms with Crippen molar-refractivity contribution < 1.29 is 9.53 Å². The number of nitrogens with zero attached hydrogens (tertiary/aromatic N) is 2. The standard InChI is InChI=1S/C20H18N2O3/c1-15-20(25-14-16-6-3-2-4-7-16)18(23)9-11-22(15)13-19(24)17-8-5-10-21-12-17/h2-12H,13-14H2,1H3. The van der Waals surface area contributed by atoms with Crippen molar-refractivity contribution in [2.24, 2.45) is 0 Å². The number of Topliss-reactive ketones (excluding diaryl/α,β-unsaturated/α-hetero) is 1. The minimum atomic E-state index is -0.196. The summed E-state index contributed by atoms with van der Waals surface area (Å²) in [6.45, 7) is 2.20. The Morgan fingerprint density at radius 3 is 2.64 bits per heavy atom. The predicted octanol–water partition coefficient (Wildman–Crippen LogP) is 3.01. The summed E-state index contributed by atoms with van der Waals surface area (Å²) in [5.41, 5.74) is 1.94. The predicted molar refractivity (Wildman–Crippen MR) is 94.8 cm³/mol. The van der Waals surface area contributed by atoms with Crippen LogP contribution in [0.5, 0.6) is 5.75 Å². The van der Waals surface area contributed by atoms with Gasteiger partial charge in [-0.2, -0.15) is 0 Å². The summed E-state index contributed by atoms with van der Waals surface area (Å²) in [7, 11) is 0. The molecule has 0 amide bonds. The lowest BCUT2D eigenvalue weighted by Crippen LogP contribution is -2.18. The Bertz CT molecular complexity index is 919. The summed E-state index contributed by atoms with van der Waals surface area (Å²) in [5.74, 6) is 0.194. The van der Waals surface area contributed by atoms with Crippen molar-refractivity contribution in [2.45, 2.75) is 20.1 Å². The molecule has 5 nitrogen and oxygen atoms in total. The van der Waals surface area contributed by atoms with Crippen molar-refractivity contribution in [1.29, 1.82) is 0 Å². The van der Waals surface area contributed by atoms with Crippen LogP contribution in [0.2, 0.25) is 0 Å². The van der Waals surface area contributed by atoms with Crippen molar-refractivity contribution in [2.75, 3.05) is 0 Å². The Morgan fingerprint density at radius 1 is 1.12 bits per heavy atom. The topological polar surface area (TPSA) is 61.2 Å². The fourth-order valence-electron chi connectivity index (χ4n) is 2.50. The van der Waals surface area contributed by atoms with Crippen molar-refractivity contribution in [1.82, 2.24) is 9.55 Å². The van der Waals surface area contributed by atoms with Gasteiger partial charge in [-0.3, -0.25) is 14.6 Å². The van der Waals surface area contributed by atoms with E-state index in [4.69, 9.17) is 4.74 Å². The number of hydrogen-bond acceptors (Lipinski definition) is 4. The molecule has 0 bridgehead atoms. The molecule has 3 rings (SSSR count). The maximum atomic E-state index is 12.4. The maximum absolute atomic E-state index is 12.4. The molecule has 0 aliphatic carbocycles. The second-order valence-corrected chi connectivity index (χ2v) is 5.66. The summed E-state index contributed by atoms with van der Waals surface area (Å²) >= 11 is 0. The van der Waals surface area contributed by atoms with Crippen LogP contribution in [0.1, 0.15) is 21.6 Å². The van der Waals surface area contributed by atoms with Crippen LogP contribution in [-0.2, 0) is 13.2 Å². The van der Waals surface area contributed by atoms with Gasteiger partial charge in [0, 0.05) is 30.2 Å². The molecule has 126 valence electrons. The lowest BCUT2D eigenvalue weighted by atomic mass is 10.2. The molecule has 0 saturated heterocycles. The molecule has 25 heavy (non-hydrogen) atoms. The first-order valence-electron chi connectivity index (χ1n) is 7.95. The van der Waals surface area contributed by atoms with E-state index in [0.29, 0.717) is 17.9 Å². The fourth-order valence-corrected chi connectivity index (χ4v) is 2.50. The summed E-state index contributed by atoms with van der Waals surface area (Å²) in [5, 5.41) is 0. The third kappa shape index (κ3) is 4.01. The van der Waals surface area contributed by atoms with Gasteiger partial charge in [-0.15, -0.1) is 0 Å². The molecule has 0 saturated carbocycles. The van der Waals surface area contributed by atoms with E-state index in [0.717, 1.165) is 5.56 Å². The molecule has 2 heterocycles. The van der Waals surface area contributed by atoms with Gasteiger partial charge in [0.15, 0.2) is 11.5 Å². The van der Waals surface area contributed by atoms with Crippen LogP contribution in [0.4, 0.5) is 0 Å². The second-order valence-electron chi connectivity index (χ2n) is 5.66. The summed E-state index contributed by atoms with van der Waals surface area (Å²) < 4.78 is 7.44. The molecule has 1 aromatic carbocycles. The number of carbonyl (C=O) groups is 1. The van der Waals surface area contributed by atoms with Crippen LogP contribution in [0.3, 0.4) is 0 Å². The monoisotopic (exact) mass is 334 g/mol. The van der Waals surface area contributed by atoms with E-state index in [1.165, 1.54) is 12.3 Å². The molecule has 0 fully saturated rings. The molecule has 0 aliphatic heterocycles. The van der Waals surface area contributed by atoms with Crippen molar-refractivity contribution in [3.05, 3.63) is 94.2 Å². The van der Waals surface area contributed by atoms with Gasteiger partial charge >= 0.3 is 0 Å². The van der Waals surface area contributed by atoms with Gasteiger partial charge in [0.2, 0.25) is 5.43 Å². The van der Waals surface area contributed by atoms with E-state index in [9.17, 15) is 9.59 Å².